The van der Waals surface area contributed by atoms with Crippen molar-refractivity contribution in [3.63, 3.8) is 0 Å². The number of pyridine rings is 1. The van der Waals surface area contributed by atoms with Gasteiger partial charge in [0.15, 0.2) is 0 Å². The zero-order valence-electron chi connectivity index (χ0n) is 11.1. The molecule has 0 aliphatic carbocycles. The van der Waals surface area contributed by atoms with Crippen LogP contribution in [0.5, 0.6) is 0 Å². The van der Waals surface area contributed by atoms with Gasteiger partial charge in [-0.15, -0.1) is 0 Å². The lowest BCUT2D eigenvalue weighted by Gasteiger charge is -2.39. The highest BCUT2D eigenvalue weighted by molar-refractivity contribution is 7.98. The first kappa shape index (κ1) is 13.8. The minimum absolute atomic E-state index is 0.000322. The number of ether oxygens (including phenoxy) is 1. The minimum Gasteiger partial charge on any atom is -0.396 e. The maximum atomic E-state index is 9.34. The number of hydrogen-bond acceptors (Lipinski definition) is 4. The molecule has 100 valence electrons. The molecule has 1 aliphatic heterocycles. The molecule has 1 N–H and O–H groups in total. The van der Waals surface area contributed by atoms with Crippen LogP contribution in [0.1, 0.15) is 31.2 Å². The highest BCUT2D eigenvalue weighted by atomic mass is 32.2. The number of rotatable bonds is 6. The van der Waals surface area contributed by atoms with Gasteiger partial charge >= 0.3 is 0 Å². The Bertz CT molecular complexity index is 386. The van der Waals surface area contributed by atoms with E-state index in [2.05, 4.69) is 37.0 Å². The van der Waals surface area contributed by atoms with Crippen molar-refractivity contribution < 1.29 is 9.84 Å². The summed E-state index contributed by atoms with van der Waals surface area (Å²) in [5.41, 5.74) is 2.27. The Balaban J connectivity index is 1.84. The fourth-order valence-corrected chi connectivity index (χ4v) is 3.05. The van der Waals surface area contributed by atoms with E-state index >= 15 is 0 Å². The largest absolute Gasteiger partial charge is 0.396 e. The van der Waals surface area contributed by atoms with Crippen molar-refractivity contribution in [1.82, 2.24) is 4.98 Å². The molecular formula is C14H21NO2S. The molecule has 0 spiro atoms. The van der Waals surface area contributed by atoms with Crippen LogP contribution in [0.4, 0.5) is 0 Å². The van der Waals surface area contributed by atoms with Crippen molar-refractivity contribution in [2.24, 2.45) is 5.41 Å². The first-order valence-corrected chi connectivity index (χ1v) is 7.53. The van der Waals surface area contributed by atoms with Gasteiger partial charge in [0.1, 0.15) is 0 Å². The molecule has 2 rings (SSSR count). The molecule has 0 unspecified atom stereocenters. The summed E-state index contributed by atoms with van der Waals surface area (Å²) < 4.78 is 5.19. The molecule has 0 aromatic carbocycles. The third-order valence-corrected chi connectivity index (χ3v) is 4.55. The number of aliphatic hydroxyl groups excluding tert-OH is 1. The van der Waals surface area contributed by atoms with E-state index in [-0.39, 0.29) is 12.0 Å². The molecule has 1 aromatic rings. The van der Waals surface area contributed by atoms with Gasteiger partial charge in [0.05, 0.1) is 25.5 Å². The second kappa shape index (κ2) is 6.04. The maximum absolute atomic E-state index is 9.34. The molecule has 0 bridgehead atoms. The summed E-state index contributed by atoms with van der Waals surface area (Å²) in [6.07, 6.45) is 0. The molecule has 4 heteroatoms. The molecular weight excluding hydrogens is 246 g/mol. The number of aliphatic hydroxyl groups is 1. The van der Waals surface area contributed by atoms with Gasteiger partial charge in [0, 0.05) is 22.6 Å². The summed E-state index contributed by atoms with van der Waals surface area (Å²) in [5.74, 6) is 2.32. The topological polar surface area (TPSA) is 42.4 Å². The predicted molar refractivity (Wildman–Crippen MR) is 74.8 cm³/mol. The fraction of sp³-hybridized carbons (Fsp3) is 0.643. The average molecular weight is 267 g/mol. The van der Waals surface area contributed by atoms with Crippen molar-refractivity contribution in [3.05, 3.63) is 29.6 Å². The van der Waals surface area contributed by atoms with Crippen molar-refractivity contribution in [2.45, 2.75) is 25.5 Å². The van der Waals surface area contributed by atoms with Gasteiger partial charge in [0.2, 0.25) is 0 Å². The Labute approximate surface area is 113 Å². The maximum Gasteiger partial charge on any atom is 0.0575 e. The SMILES string of the molecule is CC(C)c1cccc(CSCC2(CO)COC2)n1. The Hall–Kier alpha value is -0.580. The van der Waals surface area contributed by atoms with Crippen molar-refractivity contribution in [2.75, 3.05) is 25.6 Å². The van der Waals surface area contributed by atoms with Gasteiger partial charge in [-0.3, -0.25) is 4.98 Å². The van der Waals surface area contributed by atoms with E-state index in [4.69, 9.17) is 4.74 Å². The summed E-state index contributed by atoms with van der Waals surface area (Å²) in [6.45, 7) is 5.92. The van der Waals surface area contributed by atoms with E-state index in [1.165, 1.54) is 0 Å². The summed E-state index contributed by atoms with van der Waals surface area (Å²) >= 11 is 1.83. The number of aromatic nitrogens is 1. The summed E-state index contributed by atoms with van der Waals surface area (Å²) in [4.78, 5) is 4.65. The molecule has 3 nitrogen and oxygen atoms in total. The van der Waals surface area contributed by atoms with Crippen LogP contribution in [0.3, 0.4) is 0 Å². The van der Waals surface area contributed by atoms with E-state index in [1.54, 1.807) is 0 Å². The van der Waals surface area contributed by atoms with Crippen LogP contribution in [0.2, 0.25) is 0 Å². The first-order valence-electron chi connectivity index (χ1n) is 6.37. The van der Waals surface area contributed by atoms with E-state index in [1.807, 2.05) is 11.8 Å². The molecule has 0 atom stereocenters. The summed E-state index contributed by atoms with van der Waals surface area (Å²) in [7, 11) is 0. The van der Waals surface area contributed by atoms with Gasteiger partial charge in [-0.25, -0.2) is 0 Å². The fourth-order valence-electron chi connectivity index (χ4n) is 1.88. The second-order valence-corrected chi connectivity index (χ2v) is 6.34. The lowest BCUT2D eigenvalue weighted by atomic mass is 9.90. The Kier molecular flexibility index (Phi) is 4.65. The normalized spacial score (nSPS) is 17.8. The van der Waals surface area contributed by atoms with Crippen LogP contribution in [0.15, 0.2) is 18.2 Å². The van der Waals surface area contributed by atoms with Gasteiger partial charge in [-0.1, -0.05) is 19.9 Å². The third kappa shape index (κ3) is 3.25. The number of thioether (sulfide) groups is 1. The molecule has 2 heterocycles. The zero-order valence-corrected chi connectivity index (χ0v) is 11.9. The van der Waals surface area contributed by atoms with Crippen LogP contribution < -0.4 is 0 Å². The smallest absolute Gasteiger partial charge is 0.0575 e. The highest BCUT2D eigenvalue weighted by Gasteiger charge is 2.37. The lowest BCUT2D eigenvalue weighted by Crippen LogP contribution is -2.47. The van der Waals surface area contributed by atoms with Gasteiger partial charge < -0.3 is 9.84 Å². The summed E-state index contributed by atoms with van der Waals surface area (Å²) in [5, 5.41) is 9.34. The van der Waals surface area contributed by atoms with E-state index in [9.17, 15) is 5.11 Å². The monoisotopic (exact) mass is 267 g/mol. The second-order valence-electron chi connectivity index (χ2n) is 5.35. The van der Waals surface area contributed by atoms with Gasteiger partial charge in [-0.05, 0) is 18.1 Å². The minimum atomic E-state index is 0.000322. The molecule has 0 amide bonds. The van der Waals surface area contributed by atoms with E-state index < -0.39 is 0 Å². The Morgan fingerprint density at radius 1 is 1.44 bits per heavy atom. The first-order chi connectivity index (χ1) is 8.65. The van der Waals surface area contributed by atoms with Crippen molar-refractivity contribution in [1.29, 1.82) is 0 Å². The van der Waals surface area contributed by atoms with Crippen molar-refractivity contribution in [3.8, 4) is 0 Å². The Morgan fingerprint density at radius 3 is 2.78 bits per heavy atom. The molecule has 1 fully saturated rings. The lowest BCUT2D eigenvalue weighted by molar-refractivity contribution is -0.121. The van der Waals surface area contributed by atoms with E-state index in [0.717, 1.165) is 22.9 Å². The summed E-state index contributed by atoms with van der Waals surface area (Å²) in [6, 6.07) is 6.22. The predicted octanol–water partition coefficient (Wildman–Crippen LogP) is 2.45. The third-order valence-electron chi connectivity index (χ3n) is 3.23. The molecule has 0 radical (unpaired) electrons. The van der Waals surface area contributed by atoms with Crippen LogP contribution in [-0.2, 0) is 10.5 Å². The van der Waals surface area contributed by atoms with Crippen LogP contribution in [-0.4, -0.2) is 35.7 Å². The molecule has 18 heavy (non-hydrogen) atoms. The van der Waals surface area contributed by atoms with Gasteiger partial charge in [-0.2, -0.15) is 11.8 Å². The average Bonchev–Trinajstić information content (AvgIpc) is 2.33. The molecule has 0 saturated carbocycles. The number of hydrogen-bond donors (Lipinski definition) is 1. The van der Waals surface area contributed by atoms with Crippen LogP contribution in [0.25, 0.3) is 0 Å². The standard InChI is InChI=1S/C14H21NO2S/c1-11(2)13-5-3-4-12(15-13)6-18-10-14(7-16)8-17-9-14/h3-5,11,16H,6-10H2,1-2H3. The van der Waals surface area contributed by atoms with Gasteiger partial charge in [0.25, 0.3) is 0 Å². The van der Waals surface area contributed by atoms with E-state index in [0.29, 0.717) is 19.1 Å². The zero-order chi connectivity index (χ0) is 13.0. The highest BCUT2D eigenvalue weighted by Crippen LogP contribution is 2.32. The molecule has 1 saturated heterocycles. The van der Waals surface area contributed by atoms with Crippen LogP contribution in [0, 0.1) is 5.41 Å². The Morgan fingerprint density at radius 2 is 2.22 bits per heavy atom. The van der Waals surface area contributed by atoms with Crippen molar-refractivity contribution >= 4 is 11.8 Å². The number of nitrogens with zero attached hydrogens (tertiary/aromatic N) is 1. The van der Waals surface area contributed by atoms with Crippen LogP contribution >= 0.6 is 11.8 Å². The quantitative estimate of drug-likeness (QED) is 0.859. The molecule has 1 aromatic heterocycles. The molecule has 1 aliphatic rings.